The lowest BCUT2D eigenvalue weighted by atomic mass is 9.85. The molecule has 0 saturated carbocycles. The molecule has 2 saturated heterocycles. The van der Waals surface area contributed by atoms with Crippen molar-refractivity contribution in [2.45, 2.75) is 44.2 Å². The van der Waals surface area contributed by atoms with Gasteiger partial charge in [0.15, 0.2) is 0 Å². The zero-order chi connectivity index (χ0) is 19.6. The van der Waals surface area contributed by atoms with E-state index in [0.717, 1.165) is 57.3 Å². The molecule has 1 aromatic carbocycles. The number of amides is 1. The molecular formula is C23H29N3O2. The third kappa shape index (κ3) is 3.51. The highest BCUT2D eigenvalue weighted by Gasteiger charge is 2.50. The number of likely N-dealkylation sites (tertiary alicyclic amines) is 2. The van der Waals surface area contributed by atoms with Gasteiger partial charge in [0.25, 0.3) is 5.56 Å². The van der Waals surface area contributed by atoms with Crippen molar-refractivity contribution in [2.24, 2.45) is 7.05 Å². The standard InChI is InChI=1S/C23H29N3O2/c1-24-14-5-10-20(21(24)27)18-26-16-7-13-23(26)12-6-15-25(22(23)28)17-11-19-8-3-2-4-9-19/h2-5,8-10,14H,6-7,11-13,15-18H2,1H3. The van der Waals surface area contributed by atoms with E-state index < -0.39 is 5.54 Å². The van der Waals surface area contributed by atoms with E-state index in [2.05, 4.69) is 21.9 Å². The molecule has 1 spiro atoms. The molecule has 148 valence electrons. The first-order valence-corrected chi connectivity index (χ1v) is 10.3. The van der Waals surface area contributed by atoms with Gasteiger partial charge in [0.2, 0.25) is 5.91 Å². The maximum Gasteiger partial charge on any atom is 0.254 e. The normalized spacial score (nSPS) is 22.9. The molecule has 0 radical (unpaired) electrons. The molecule has 4 rings (SSSR count). The van der Waals surface area contributed by atoms with E-state index in [9.17, 15) is 9.59 Å². The van der Waals surface area contributed by atoms with Gasteiger partial charge in [-0.25, -0.2) is 0 Å². The molecule has 2 aliphatic heterocycles. The molecular weight excluding hydrogens is 350 g/mol. The van der Waals surface area contributed by atoms with Crippen LogP contribution in [0.3, 0.4) is 0 Å². The summed E-state index contributed by atoms with van der Waals surface area (Å²) >= 11 is 0. The Bertz CT molecular complexity index is 892. The Balaban J connectivity index is 1.51. The lowest BCUT2D eigenvalue weighted by Gasteiger charge is -2.44. The maximum atomic E-state index is 13.5. The number of aryl methyl sites for hydroxylation is 1. The molecule has 1 aromatic heterocycles. The second-order valence-corrected chi connectivity index (χ2v) is 8.14. The van der Waals surface area contributed by atoms with Gasteiger partial charge in [0.1, 0.15) is 5.54 Å². The van der Waals surface area contributed by atoms with Crippen molar-refractivity contribution in [2.75, 3.05) is 19.6 Å². The molecule has 2 aliphatic rings. The van der Waals surface area contributed by atoms with E-state index in [4.69, 9.17) is 0 Å². The van der Waals surface area contributed by atoms with Gasteiger partial charge in [0.05, 0.1) is 0 Å². The van der Waals surface area contributed by atoms with Crippen molar-refractivity contribution in [3.63, 3.8) is 0 Å². The Morgan fingerprint density at radius 3 is 2.50 bits per heavy atom. The van der Waals surface area contributed by atoms with Crippen LogP contribution in [0.4, 0.5) is 0 Å². The highest BCUT2D eigenvalue weighted by atomic mass is 16.2. The third-order valence-electron chi connectivity index (χ3n) is 6.40. The van der Waals surface area contributed by atoms with E-state index >= 15 is 0 Å². The second kappa shape index (κ2) is 7.92. The monoisotopic (exact) mass is 379 g/mol. The van der Waals surface area contributed by atoms with Crippen LogP contribution in [0.25, 0.3) is 0 Å². The summed E-state index contributed by atoms with van der Waals surface area (Å²) in [6.45, 7) is 3.06. The number of hydrogen-bond donors (Lipinski definition) is 0. The fourth-order valence-corrected chi connectivity index (χ4v) is 4.86. The van der Waals surface area contributed by atoms with E-state index in [1.165, 1.54) is 5.56 Å². The molecule has 0 N–H and O–H groups in total. The van der Waals surface area contributed by atoms with Gasteiger partial charge in [0, 0.05) is 38.4 Å². The Morgan fingerprint density at radius 2 is 1.71 bits per heavy atom. The first kappa shape index (κ1) is 18.9. The molecule has 0 bridgehead atoms. The number of rotatable bonds is 5. The fraction of sp³-hybridized carbons (Fsp3) is 0.478. The van der Waals surface area contributed by atoms with Crippen LogP contribution < -0.4 is 5.56 Å². The molecule has 0 aliphatic carbocycles. The largest absolute Gasteiger partial charge is 0.341 e. The summed E-state index contributed by atoms with van der Waals surface area (Å²) in [4.78, 5) is 30.3. The SMILES string of the molecule is Cn1cccc(CN2CCCC23CCCN(CCc2ccccc2)C3=O)c1=O. The zero-order valence-corrected chi connectivity index (χ0v) is 16.6. The summed E-state index contributed by atoms with van der Waals surface area (Å²) in [5, 5.41) is 0. The third-order valence-corrected chi connectivity index (χ3v) is 6.40. The van der Waals surface area contributed by atoms with Gasteiger partial charge < -0.3 is 9.47 Å². The van der Waals surface area contributed by atoms with Gasteiger partial charge in [-0.05, 0) is 50.3 Å². The van der Waals surface area contributed by atoms with Crippen LogP contribution in [0.5, 0.6) is 0 Å². The number of aromatic nitrogens is 1. The summed E-state index contributed by atoms with van der Waals surface area (Å²) < 4.78 is 1.62. The van der Waals surface area contributed by atoms with Crippen LogP contribution in [0.15, 0.2) is 53.5 Å². The lowest BCUT2D eigenvalue weighted by Crippen LogP contribution is -2.60. The van der Waals surface area contributed by atoms with Crippen LogP contribution in [-0.2, 0) is 24.8 Å². The van der Waals surface area contributed by atoms with Gasteiger partial charge in [-0.15, -0.1) is 0 Å². The fourth-order valence-electron chi connectivity index (χ4n) is 4.86. The van der Waals surface area contributed by atoms with Crippen molar-refractivity contribution in [3.05, 3.63) is 70.1 Å². The van der Waals surface area contributed by atoms with E-state index in [-0.39, 0.29) is 11.5 Å². The first-order valence-electron chi connectivity index (χ1n) is 10.3. The lowest BCUT2D eigenvalue weighted by molar-refractivity contribution is -0.147. The molecule has 1 unspecified atom stereocenters. The summed E-state index contributed by atoms with van der Waals surface area (Å²) in [5.74, 6) is 0.264. The number of piperidine rings is 1. The van der Waals surface area contributed by atoms with Crippen LogP contribution in [0, 0.1) is 0 Å². The average Bonchev–Trinajstić information content (AvgIpc) is 3.10. The average molecular weight is 380 g/mol. The van der Waals surface area contributed by atoms with E-state index in [0.29, 0.717) is 6.54 Å². The predicted octanol–water partition coefficient (Wildman–Crippen LogP) is 2.59. The Hall–Kier alpha value is -2.40. The van der Waals surface area contributed by atoms with E-state index in [1.54, 1.807) is 17.8 Å². The number of nitrogens with zero attached hydrogens (tertiary/aromatic N) is 3. The van der Waals surface area contributed by atoms with Crippen molar-refractivity contribution >= 4 is 5.91 Å². The molecule has 2 fully saturated rings. The minimum absolute atomic E-state index is 0.0359. The van der Waals surface area contributed by atoms with Gasteiger partial charge in [-0.1, -0.05) is 36.4 Å². The second-order valence-electron chi connectivity index (χ2n) is 8.14. The van der Waals surface area contributed by atoms with E-state index in [1.807, 2.05) is 30.3 Å². The number of carbonyl (C=O) groups is 1. The van der Waals surface area contributed by atoms with Gasteiger partial charge >= 0.3 is 0 Å². The Kier molecular flexibility index (Phi) is 5.36. The number of carbonyl (C=O) groups excluding carboxylic acids is 1. The zero-order valence-electron chi connectivity index (χ0n) is 16.6. The minimum atomic E-state index is -0.421. The van der Waals surface area contributed by atoms with Crippen LogP contribution in [-0.4, -0.2) is 45.4 Å². The highest BCUT2D eigenvalue weighted by molar-refractivity contribution is 5.87. The van der Waals surface area contributed by atoms with Gasteiger partial charge in [-0.2, -0.15) is 0 Å². The Labute approximate surface area is 166 Å². The van der Waals surface area contributed by atoms with Gasteiger partial charge in [-0.3, -0.25) is 14.5 Å². The van der Waals surface area contributed by atoms with Crippen LogP contribution in [0.2, 0.25) is 0 Å². The molecule has 1 atom stereocenters. The number of hydrogen-bond acceptors (Lipinski definition) is 3. The smallest absolute Gasteiger partial charge is 0.254 e. The Morgan fingerprint density at radius 1 is 0.964 bits per heavy atom. The summed E-state index contributed by atoms with van der Waals surface area (Å²) in [7, 11) is 1.78. The first-order chi connectivity index (χ1) is 13.6. The van der Waals surface area contributed by atoms with Crippen molar-refractivity contribution in [1.82, 2.24) is 14.4 Å². The number of pyridine rings is 1. The summed E-state index contributed by atoms with van der Waals surface area (Å²) in [5.41, 5.74) is 1.66. The van der Waals surface area contributed by atoms with Crippen LogP contribution >= 0.6 is 0 Å². The molecule has 3 heterocycles. The minimum Gasteiger partial charge on any atom is -0.341 e. The topological polar surface area (TPSA) is 45.5 Å². The highest BCUT2D eigenvalue weighted by Crippen LogP contribution is 2.39. The predicted molar refractivity (Wildman–Crippen MR) is 110 cm³/mol. The molecule has 28 heavy (non-hydrogen) atoms. The van der Waals surface area contributed by atoms with Crippen LogP contribution in [0.1, 0.15) is 36.8 Å². The molecule has 5 nitrogen and oxygen atoms in total. The van der Waals surface area contributed by atoms with Crippen molar-refractivity contribution < 1.29 is 4.79 Å². The number of benzene rings is 1. The molecule has 1 amide bonds. The maximum absolute atomic E-state index is 13.5. The van der Waals surface area contributed by atoms with Crippen molar-refractivity contribution in [3.8, 4) is 0 Å². The quantitative estimate of drug-likeness (QED) is 0.802. The summed E-state index contributed by atoms with van der Waals surface area (Å²) in [6, 6.07) is 14.2. The molecule has 2 aromatic rings. The summed E-state index contributed by atoms with van der Waals surface area (Å²) in [6.07, 6.45) is 6.53. The molecule has 5 heteroatoms. The van der Waals surface area contributed by atoms with Crippen molar-refractivity contribution in [1.29, 1.82) is 0 Å².